The van der Waals surface area contributed by atoms with Crippen molar-refractivity contribution in [2.24, 2.45) is 0 Å². The van der Waals surface area contributed by atoms with E-state index in [4.69, 9.17) is 0 Å². The van der Waals surface area contributed by atoms with Crippen LogP contribution in [-0.2, 0) is 10.8 Å². The summed E-state index contributed by atoms with van der Waals surface area (Å²) in [5.74, 6) is 0.835. The molecule has 0 radical (unpaired) electrons. The van der Waals surface area contributed by atoms with Gasteiger partial charge in [0, 0.05) is 16.6 Å². The van der Waals surface area contributed by atoms with Crippen LogP contribution in [0.2, 0.25) is 0 Å². The van der Waals surface area contributed by atoms with E-state index < -0.39 is 10.8 Å². The molecule has 2 unspecified atom stereocenters. The molecule has 0 N–H and O–H groups in total. The van der Waals surface area contributed by atoms with E-state index in [0.29, 0.717) is 4.58 Å². The highest BCUT2D eigenvalue weighted by molar-refractivity contribution is 8.79. The normalized spacial score (nSPS) is 16.2. The van der Waals surface area contributed by atoms with Gasteiger partial charge in [-0.25, -0.2) is 0 Å². The second-order valence-corrected chi connectivity index (χ2v) is 7.00. The van der Waals surface area contributed by atoms with Crippen LogP contribution < -0.4 is 0 Å². The van der Waals surface area contributed by atoms with Gasteiger partial charge in [-0.15, -0.1) is 0 Å². The molecule has 1 nitrogen and oxygen atoms in total. The average Bonchev–Trinajstić information content (AvgIpc) is 2.13. The molecular weight excluding hydrogens is 220 g/mol. The third-order valence-corrected chi connectivity index (χ3v) is 6.82. The molecule has 0 bridgehead atoms. The largest absolute Gasteiger partial charge is 0.258 e. The van der Waals surface area contributed by atoms with Gasteiger partial charge in [-0.05, 0) is 25.2 Å². The molecule has 0 heterocycles. The van der Waals surface area contributed by atoms with Crippen molar-refractivity contribution in [3.8, 4) is 0 Å². The number of hydrogen-bond acceptors (Lipinski definition) is 3. The Bertz CT molecular complexity index is 168. The fourth-order valence-corrected chi connectivity index (χ4v) is 5.39. The lowest BCUT2D eigenvalue weighted by Gasteiger charge is -2.11. The predicted molar refractivity (Wildman–Crippen MR) is 67.4 cm³/mol. The van der Waals surface area contributed by atoms with Crippen LogP contribution in [-0.4, -0.2) is 14.5 Å². The van der Waals surface area contributed by atoms with Gasteiger partial charge in [0.05, 0.1) is 4.58 Å². The molecule has 0 aliphatic carbocycles. The number of allylic oxidation sites excluding steroid dienone is 1. The van der Waals surface area contributed by atoms with Crippen molar-refractivity contribution in [3.63, 3.8) is 0 Å². The summed E-state index contributed by atoms with van der Waals surface area (Å²) in [6.45, 7) is 6.17. The van der Waals surface area contributed by atoms with Crippen LogP contribution in [0, 0.1) is 0 Å². The quantitative estimate of drug-likeness (QED) is 0.628. The summed E-state index contributed by atoms with van der Waals surface area (Å²) in [7, 11) is 2.75. The first kappa shape index (κ1) is 13.6. The van der Waals surface area contributed by atoms with Crippen molar-refractivity contribution >= 4 is 32.4 Å². The minimum atomic E-state index is -0.653. The molecule has 0 rings (SSSR count). The second-order valence-electron chi connectivity index (χ2n) is 2.58. The first-order valence-electron chi connectivity index (χ1n) is 4.56. The van der Waals surface area contributed by atoms with Gasteiger partial charge in [-0.3, -0.25) is 4.21 Å². The van der Waals surface area contributed by atoms with E-state index >= 15 is 0 Å². The van der Waals surface area contributed by atoms with Gasteiger partial charge < -0.3 is 0 Å². The van der Waals surface area contributed by atoms with Crippen LogP contribution in [0.25, 0.3) is 0 Å². The van der Waals surface area contributed by atoms with Crippen LogP contribution in [0.15, 0.2) is 11.5 Å². The second kappa shape index (κ2) is 9.16. The highest BCUT2D eigenvalue weighted by atomic mass is 33.1. The summed E-state index contributed by atoms with van der Waals surface area (Å²) >= 11 is 0. The van der Waals surface area contributed by atoms with Crippen molar-refractivity contribution in [2.75, 3.05) is 5.75 Å². The van der Waals surface area contributed by atoms with Crippen LogP contribution in [0.4, 0.5) is 0 Å². The summed E-state index contributed by atoms with van der Waals surface area (Å²) in [4.78, 5) is 0. The fraction of sp³-hybridized carbons (Fsp3) is 0.778. The first-order valence-corrected chi connectivity index (χ1v) is 8.22. The van der Waals surface area contributed by atoms with E-state index in [2.05, 4.69) is 13.8 Å². The average molecular weight is 238 g/mol. The minimum absolute atomic E-state index is 0.293. The topological polar surface area (TPSA) is 17.1 Å². The maximum atomic E-state index is 11.6. The van der Waals surface area contributed by atoms with E-state index in [1.165, 1.54) is 0 Å². The molecule has 0 aromatic carbocycles. The fourth-order valence-electron chi connectivity index (χ4n) is 0.780. The van der Waals surface area contributed by atoms with Gasteiger partial charge in [-0.2, -0.15) is 0 Å². The molecule has 0 saturated heterocycles. The molecule has 0 saturated carbocycles. The van der Waals surface area contributed by atoms with Crippen LogP contribution in [0.1, 0.15) is 33.6 Å². The molecule has 13 heavy (non-hydrogen) atoms. The van der Waals surface area contributed by atoms with Crippen LogP contribution in [0.5, 0.6) is 0 Å². The summed E-state index contributed by atoms with van der Waals surface area (Å²) in [6.07, 6.45) is 4.01. The molecule has 0 aliphatic heterocycles. The van der Waals surface area contributed by atoms with E-state index in [0.717, 1.165) is 18.6 Å². The molecule has 4 heteroatoms. The van der Waals surface area contributed by atoms with Crippen LogP contribution >= 0.6 is 21.6 Å². The molecule has 0 aliphatic rings. The summed E-state index contributed by atoms with van der Waals surface area (Å²) in [6, 6.07) is 0. The standard InChI is InChI=1S/C9H18OS3/c1-4-7-11-12-9(6-3)13(10)8-5-2/h4,7,9H,5-6,8H2,1-3H3. The SMILES string of the molecule is CC=CSSC(CC)S(=O)CCC. The molecule has 0 spiro atoms. The molecule has 0 fully saturated rings. The van der Waals surface area contributed by atoms with Gasteiger partial charge in [0.1, 0.15) is 0 Å². The maximum Gasteiger partial charge on any atom is 0.0905 e. The van der Waals surface area contributed by atoms with Crippen LogP contribution in [0.3, 0.4) is 0 Å². The van der Waals surface area contributed by atoms with Crippen molar-refractivity contribution < 1.29 is 4.21 Å². The lowest BCUT2D eigenvalue weighted by molar-refractivity contribution is 0.678. The molecular formula is C9H18OS3. The van der Waals surface area contributed by atoms with Gasteiger partial charge >= 0.3 is 0 Å². The zero-order chi connectivity index (χ0) is 10.1. The third kappa shape index (κ3) is 6.63. The van der Waals surface area contributed by atoms with Gasteiger partial charge in [0.25, 0.3) is 0 Å². The highest BCUT2D eigenvalue weighted by Gasteiger charge is 2.13. The molecule has 0 aromatic rings. The Morgan fingerprint density at radius 3 is 2.62 bits per heavy atom. The van der Waals surface area contributed by atoms with Gasteiger partial charge in [0.15, 0.2) is 0 Å². The Morgan fingerprint density at radius 2 is 2.15 bits per heavy atom. The zero-order valence-corrected chi connectivity index (χ0v) is 10.9. The third-order valence-electron chi connectivity index (χ3n) is 1.39. The monoisotopic (exact) mass is 238 g/mol. The van der Waals surface area contributed by atoms with Crippen molar-refractivity contribution in [3.05, 3.63) is 11.5 Å². The Morgan fingerprint density at radius 1 is 1.46 bits per heavy atom. The zero-order valence-electron chi connectivity index (χ0n) is 8.49. The minimum Gasteiger partial charge on any atom is -0.258 e. The molecule has 0 amide bonds. The molecule has 78 valence electrons. The summed E-state index contributed by atoms with van der Waals surface area (Å²) in [5.41, 5.74) is 0. The van der Waals surface area contributed by atoms with E-state index in [1.807, 2.05) is 18.4 Å². The Labute approximate surface area is 92.0 Å². The van der Waals surface area contributed by atoms with Crippen molar-refractivity contribution in [1.29, 1.82) is 0 Å². The lowest BCUT2D eigenvalue weighted by atomic mass is 10.6. The molecule has 0 aromatic heterocycles. The highest BCUT2D eigenvalue weighted by Crippen LogP contribution is 2.31. The first-order chi connectivity index (χ1) is 6.26. The Kier molecular flexibility index (Phi) is 9.57. The van der Waals surface area contributed by atoms with Crippen molar-refractivity contribution in [2.45, 2.75) is 38.2 Å². The van der Waals surface area contributed by atoms with Crippen molar-refractivity contribution in [1.82, 2.24) is 0 Å². The number of rotatable bonds is 7. The van der Waals surface area contributed by atoms with E-state index in [9.17, 15) is 4.21 Å². The Hall–Kier alpha value is 0.590. The van der Waals surface area contributed by atoms with Gasteiger partial charge in [-0.1, -0.05) is 41.5 Å². The summed E-state index contributed by atoms with van der Waals surface area (Å²) < 4.78 is 11.9. The Balaban J connectivity index is 3.80. The predicted octanol–water partition coefficient (Wildman–Crippen LogP) is 3.80. The lowest BCUT2D eigenvalue weighted by Crippen LogP contribution is -2.11. The smallest absolute Gasteiger partial charge is 0.0905 e. The summed E-state index contributed by atoms with van der Waals surface area (Å²) in [5, 5.41) is 2.04. The molecule has 2 atom stereocenters. The maximum absolute atomic E-state index is 11.6. The van der Waals surface area contributed by atoms with E-state index in [-0.39, 0.29) is 0 Å². The van der Waals surface area contributed by atoms with Gasteiger partial charge in [0.2, 0.25) is 0 Å². The number of hydrogen-bond donors (Lipinski definition) is 0. The van der Waals surface area contributed by atoms with E-state index in [1.54, 1.807) is 21.6 Å².